The van der Waals surface area contributed by atoms with Crippen molar-refractivity contribution in [3.63, 3.8) is 0 Å². The topological polar surface area (TPSA) is 92.3 Å². The number of amides is 2. The Morgan fingerprint density at radius 3 is 2.52 bits per heavy atom. The Kier molecular flexibility index (Phi) is 6.98. The first-order chi connectivity index (χ1) is 10.5. The SMILES string of the molecule is [B]C(C)(C)C(=O)NC(=O)C=C([NH3+])C(C)(C)COC1CCCCO1. The summed E-state index contributed by atoms with van der Waals surface area (Å²) in [5.74, 6) is -1.06. The quantitative estimate of drug-likeness (QED) is 0.556. The zero-order chi connectivity index (χ0) is 17.7. The van der Waals surface area contributed by atoms with Crippen molar-refractivity contribution in [2.24, 2.45) is 5.41 Å². The van der Waals surface area contributed by atoms with Gasteiger partial charge in [0.05, 0.1) is 25.9 Å². The molecule has 128 valence electrons. The molecule has 1 heterocycles. The molecular formula is C16H28BN2O4+. The lowest BCUT2D eigenvalue weighted by Gasteiger charge is -2.28. The maximum Gasteiger partial charge on any atom is 0.256 e. The molecule has 2 radical (unpaired) electrons. The summed E-state index contributed by atoms with van der Waals surface area (Å²) >= 11 is 0. The molecule has 0 bridgehead atoms. The number of imide groups is 1. The summed E-state index contributed by atoms with van der Waals surface area (Å²) in [6.07, 6.45) is 4.17. The highest BCUT2D eigenvalue weighted by atomic mass is 16.7. The number of ether oxygens (including phenoxy) is 2. The minimum atomic E-state index is -1.11. The zero-order valence-corrected chi connectivity index (χ0v) is 14.6. The van der Waals surface area contributed by atoms with Gasteiger partial charge in [-0.25, -0.2) is 0 Å². The maximum absolute atomic E-state index is 11.9. The third-order valence-electron chi connectivity index (χ3n) is 3.76. The van der Waals surface area contributed by atoms with E-state index in [1.54, 1.807) is 0 Å². The lowest BCUT2D eigenvalue weighted by molar-refractivity contribution is -0.329. The van der Waals surface area contributed by atoms with Crippen molar-refractivity contribution >= 4 is 19.7 Å². The van der Waals surface area contributed by atoms with Gasteiger partial charge in [-0.15, -0.1) is 0 Å². The van der Waals surface area contributed by atoms with Crippen LogP contribution in [0.5, 0.6) is 0 Å². The Labute approximate surface area is 139 Å². The standard InChI is InChI=1S/C16H27BN2O4/c1-15(2,10-23-13-7-5-6-8-22-13)11(18)9-12(20)19-14(21)16(3,4)17/h9,13H,5-8,10,18H2,1-4H3,(H,19,20,21)/p+1. The number of hydrogen-bond donors (Lipinski definition) is 2. The van der Waals surface area contributed by atoms with Crippen LogP contribution in [0, 0.1) is 5.41 Å². The van der Waals surface area contributed by atoms with Crippen LogP contribution in [0.2, 0.25) is 5.31 Å². The second kappa shape index (κ2) is 8.08. The third-order valence-corrected chi connectivity index (χ3v) is 3.76. The monoisotopic (exact) mass is 323 g/mol. The van der Waals surface area contributed by atoms with Crippen LogP contribution in [0.3, 0.4) is 0 Å². The van der Waals surface area contributed by atoms with E-state index in [1.165, 1.54) is 19.9 Å². The fourth-order valence-electron chi connectivity index (χ4n) is 1.90. The zero-order valence-electron chi connectivity index (χ0n) is 14.6. The van der Waals surface area contributed by atoms with Gasteiger partial charge in [-0.05, 0) is 33.1 Å². The highest BCUT2D eigenvalue weighted by Gasteiger charge is 2.29. The molecule has 0 spiro atoms. The van der Waals surface area contributed by atoms with Gasteiger partial charge in [0.1, 0.15) is 5.70 Å². The lowest BCUT2D eigenvalue weighted by atomic mass is 9.72. The third kappa shape index (κ3) is 6.85. The van der Waals surface area contributed by atoms with E-state index < -0.39 is 22.5 Å². The van der Waals surface area contributed by atoms with E-state index in [-0.39, 0.29) is 6.29 Å². The van der Waals surface area contributed by atoms with Gasteiger partial charge in [0.2, 0.25) is 5.91 Å². The van der Waals surface area contributed by atoms with E-state index in [9.17, 15) is 9.59 Å². The molecule has 0 aromatic heterocycles. The van der Waals surface area contributed by atoms with Crippen LogP contribution in [0.4, 0.5) is 0 Å². The van der Waals surface area contributed by atoms with E-state index in [4.69, 9.17) is 17.3 Å². The first-order valence-corrected chi connectivity index (χ1v) is 7.94. The number of nitrogens with one attached hydrogen (secondary N) is 1. The van der Waals surface area contributed by atoms with E-state index in [0.29, 0.717) is 12.3 Å². The van der Waals surface area contributed by atoms with Crippen LogP contribution in [-0.2, 0) is 19.1 Å². The summed E-state index contributed by atoms with van der Waals surface area (Å²) in [5, 5.41) is 1.13. The molecule has 1 unspecified atom stereocenters. The fraction of sp³-hybridized carbons (Fsp3) is 0.750. The molecule has 0 aromatic rings. The van der Waals surface area contributed by atoms with Crippen LogP contribution in [0.25, 0.3) is 0 Å². The number of carbonyl (C=O) groups is 2. The van der Waals surface area contributed by atoms with Crippen LogP contribution in [-0.4, -0.2) is 39.2 Å². The van der Waals surface area contributed by atoms with E-state index in [1.807, 2.05) is 13.8 Å². The van der Waals surface area contributed by atoms with Gasteiger partial charge < -0.3 is 15.2 Å². The Morgan fingerprint density at radius 2 is 2.00 bits per heavy atom. The summed E-state index contributed by atoms with van der Waals surface area (Å²) in [5.41, 5.74) is 4.05. The average molecular weight is 323 g/mol. The Bertz CT molecular complexity index is 463. The molecule has 1 aliphatic heterocycles. The van der Waals surface area contributed by atoms with Crippen LogP contribution < -0.4 is 11.1 Å². The fourth-order valence-corrected chi connectivity index (χ4v) is 1.90. The van der Waals surface area contributed by atoms with Crippen molar-refractivity contribution in [1.29, 1.82) is 0 Å². The molecule has 0 aromatic carbocycles. The molecule has 23 heavy (non-hydrogen) atoms. The van der Waals surface area contributed by atoms with Crippen molar-refractivity contribution < 1.29 is 24.8 Å². The summed E-state index contributed by atoms with van der Waals surface area (Å²) in [4.78, 5) is 23.6. The number of quaternary nitrogens is 1. The maximum atomic E-state index is 11.9. The Hall–Kier alpha value is -1.18. The summed E-state index contributed by atoms with van der Waals surface area (Å²) < 4.78 is 11.3. The molecule has 1 atom stereocenters. The Balaban J connectivity index is 2.56. The number of hydrogen-bond acceptors (Lipinski definition) is 4. The predicted octanol–water partition coefficient (Wildman–Crippen LogP) is 0.691. The molecule has 7 heteroatoms. The average Bonchev–Trinajstić information content (AvgIpc) is 2.45. The van der Waals surface area contributed by atoms with Crippen LogP contribution >= 0.6 is 0 Å². The van der Waals surface area contributed by atoms with E-state index in [2.05, 4.69) is 11.1 Å². The number of rotatable bonds is 6. The molecule has 1 saturated heterocycles. The molecule has 1 rings (SSSR count). The van der Waals surface area contributed by atoms with E-state index in [0.717, 1.165) is 25.9 Å². The molecule has 4 N–H and O–H groups in total. The minimum Gasteiger partial charge on any atom is -0.353 e. The summed E-state index contributed by atoms with van der Waals surface area (Å²) in [6, 6.07) is 0. The van der Waals surface area contributed by atoms with Crippen LogP contribution in [0.15, 0.2) is 11.8 Å². The first-order valence-electron chi connectivity index (χ1n) is 7.94. The highest BCUT2D eigenvalue weighted by Crippen LogP contribution is 2.24. The molecule has 2 amide bonds. The lowest BCUT2D eigenvalue weighted by Crippen LogP contribution is -2.56. The highest BCUT2D eigenvalue weighted by molar-refractivity contribution is 6.29. The summed E-state index contributed by atoms with van der Waals surface area (Å²) in [7, 11) is 5.64. The van der Waals surface area contributed by atoms with Gasteiger partial charge in [-0.3, -0.25) is 14.9 Å². The van der Waals surface area contributed by atoms with Crippen molar-refractivity contribution in [3.8, 4) is 0 Å². The normalized spacial score (nSPS) is 20.2. The Morgan fingerprint density at radius 1 is 1.35 bits per heavy atom. The summed E-state index contributed by atoms with van der Waals surface area (Å²) in [6.45, 7) is 8.03. The van der Waals surface area contributed by atoms with Gasteiger partial charge >= 0.3 is 0 Å². The molecule has 0 aliphatic carbocycles. The molecular weight excluding hydrogens is 295 g/mol. The van der Waals surface area contributed by atoms with Gasteiger partial charge in [0.25, 0.3) is 5.91 Å². The molecule has 0 saturated carbocycles. The first kappa shape index (κ1) is 19.9. The van der Waals surface area contributed by atoms with Gasteiger partial charge in [-0.2, -0.15) is 0 Å². The second-order valence-electron chi connectivity index (χ2n) is 7.20. The van der Waals surface area contributed by atoms with E-state index >= 15 is 0 Å². The molecule has 6 nitrogen and oxygen atoms in total. The molecule has 1 fully saturated rings. The largest absolute Gasteiger partial charge is 0.353 e. The van der Waals surface area contributed by atoms with Crippen LogP contribution in [0.1, 0.15) is 47.0 Å². The van der Waals surface area contributed by atoms with Crippen molar-refractivity contribution in [3.05, 3.63) is 11.8 Å². The number of carbonyl (C=O) groups excluding carboxylic acids is 2. The predicted molar refractivity (Wildman–Crippen MR) is 87.2 cm³/mol. The minimum absolute atomic E-state index is 0.190. The second-order valence-corrected chi connectivity index (χ2v) is 7.20. The van der Waals surface area contributed by atoms with Gasteiger partial charge in [-0.1, -0.05) is 13.8 Å². The van der Waals surface area contributed by atoms with Crippen molar-refractivity contribution in [2.75, 3.05) is 13.2 Å². The molecule has 1 aliphatic rings. The van der Waals surface area contributed by atoms with Crippen molar-refractivity contribution in [2.45, 2.75) is 58.6 Å². The van der Waals surface area contributed by atoms with Gasteiger partial charge in [0.15, 0.2) is 6.29 Å². The van der Waals surface area contributed by atoms with Gasteiger partial charge in [0, 0.05) is 11.9 Å². The van der Waals surface area contributed by atoms with Crippen molar-refractivity contribution in [1.82, 2.24) is 5.32 Å². The smallest absolute Gasteiger partial charge is 0.256 e.